The van der Waals surface area contributed by atoms with Gasteiger partial charge in [0.1, 0.15) is 6.04 Å². The van der Waals surface area contributed by atoms with Gasteiger partial charge in [0.15, 0.2) is 0 Å². The molecule has 0 aliphatic heterocycles. The fourth-order valence-electron chi connectivity index (χ4n) is 1.57. The number of imidazole rings is 1. The van der Waals surface area contributed by atoms with Crippen molar-refractivity contribution in [1.29, 1.82) is 0 Å². The van der Waals surface area contributed by atoms with Gasteiger partial charge in [-0.05, 0) is 12.3 Å². The summed E-state index contributed by atoms with van der Waals surface area (Å²) in [4.78, 5) is 15.8. The fraction of sp³-hybridized carbons (Fsp3) is 0.636. The Hall–Kier alpha value is -1.32. The van der Waals surface area contributed by atoms with E-state index in [1.807, 2.05) is 27.7 Å². The predicted molar refractivity (Wildman–Crippen MR) is 57.4 cm³/mol. The van der Waals surface area contributed by atoms with Crippen LogP contribution in [0.1, 0.15) is 33.7 Å². The number of rotatable bonds is 3. The van der Waals surface area contributed by atoms with Crippen molar-refractivity contribution >= 4 is 5.97 Å². The molecule has 4 heteroatoms. The van der Waals surface area contributed by atoms with Gasteiger partial charge in [0, 0.05) is 12.4 Å². The Morgan fingerprint density at radius 3 is 2.60 bits per heavy atom. The summed E-state index contributed by atoms with van der Waals surface area (Å²) in [6.07, 6.45) is 5.09. The van der Waals surface area contributed by atoms with Crippen LogP contribution in [-0.4, -0.2) is 22.1 Å². The van der Waals surface area contributed by atoms with Gasteiger partial charge >= 0.3 is 5.97 Å². The van der Waals surface area contributed by atoms with Crippen molar-refractivity contribution < 1.29 is 9.53 Å². The van der Waals surface area contributed by atoms with Crippen molar-refractivity contribution in [2.75, 3.05) is 6.61 Å². The van der Waals surface area contributed by atoms with Gasteiger partial charge in [0.25, 0.3) is 0 Å². The van der Waals surface area contributed by atoms with Crippen LogP contribution in [0.3, 0.4) is 0 Å². The van der Waals surface area contributed by atoms with Crippen molar-refractivity contribution in [3.63, 3.8) is 0 Å². The molecule has 0 aliphatic carbocycles. The second kappa shape index (κ2) is 4.47. The van der Waals surface area contributed by atoms with E-state index >= 15 is 0 Å². The summed E-state index contributed by atoms with van der Waals surface area (Å²) < 4.78 is 6.86. The molecule has 84 valence electrons. The van der Waals surface area contributed by atoms with Crippen LogP contribution in [0.4, 0.5) is 0 Å². The first-order valence-electron chi connectivity index (χ1n) is 5.11. The van der Waals surface area contributed by atoms with E-state index in [0.717, 1.165) is 0 Å². The molecule has 0 spiro atoms. The fourth-order valence-corrected chi connectivity index (χ4v) is 1.57. The molecule has 15 heavy (non-hydrogen) atoms. The molecule has 0 aromatic carbocycles. The van der Waals surface area contributed by atoms with Gasteiger partial charge in [-0.15, -0.1) is 0 Å². The molecule has 0 N–H and O–H groups in total. The predicted octanol–water partition coefficient (Wildman–Crippen LogP) is 2.03. The maximum atomic E-state index is 11.8. The molecule has 0 saturated heterocycles. The summed E-state index contributed by atoms with van der Waals surface area (Å²) in [5.74, 6) is -0.206. The van der Waals surface area contributed by atoms with E-state index in [1.165, 1.54) is 0 Å². The Labute approximate surface area is 90.3 Å². The van der Waals surface area contributed by atoms with Gasteiger partial charge in [-0.1, -0.05) is 20.8 Å². The monoisotopic (exact) mass is 210 g/mol. The Kier molecular flexibility index (Phi) is 3.50. The number of esters is 1. The van der Waals surface area contributed by atoms with Gasteiger partial charge in [-0.25, -0.2) is 9.78 Å². The number of nitrogens with zero attached hydrogens (tertiary/aromatic N) is 2. The van der Waals surface area contributed by atoms with Crippen LogP contribution in [-0.2, 0) is 9.53 Å². The third kappa shape index (κ3) is 2.81. The molecule has 0 amide bonds. The van der Waals surface area contributed by atoms with Gasteiger partial charge in [-0.2, -0.15) is 0 Å². The number of ether oxygens (including phenoxy) is 1. The highest BCUT2D eigenvalue weighted by Crippen LogP contribution is 2.31. The Balaban J connectivity index is 2.94. The molecule has 0 radical (unpaired) electrons. The zero-order valence-corrected chi connectivity index (χ0v) is 9.73. The average Bonchev–Trinajstić information content (AvgIpc) is 2.55. The summed E-state index contributed by atoms with van der Waals surface area (Å²) in [5, 5.41) is 0. The largest absolute Gasteiger partial charge is 0.464 e. The minimum atomic E-state index is -0.319. The molecule has 1 heterocycles. The minimum Gasteiger partial charge on any atom is -0.464 e. The lowest BCUT2D eigenvalue weighted by Crippen LogP contribution is -2.32. The lowest BCUT2D eigenvalue weighted by molar-refractivity contribution is -0.150. The minimum absolute atomic E-state index is 0.188. The molecule has 4 nitrogen and oxygen atoms in total. The van der Waals surface area contributed by atoms with Crippen LogP contribution >= 0.6 is 0 Å². The Morgan fingerprint density at radius 1 is 1.53 bits per heavy atom. The molecule has 0 unspecified atom stereocenters. The Bertz CT molecular complexity index is 312. The molecular weight excluding hydrogens is 192 g/mol. The average molecular weight is 210 g/mol. The van der Waals surface area contributed by atoms with Gasteiger partial charge in [0.2, 0.25) is 0 Å². The van der Waals surface area contributed by atoms with Crippen molar-refractivity contribution in [3.8, 4) is 0 Å². The maximum Gasteiger partial charge on any atom is 0.329 e. The van der Waals surface area contributed by atoms with E-state index in [4.69, 9.17) is 4.74 Å². The lowest BCUT2D eigenvalue weighted by Gasteiger charge is -2.29. The van der Waals surface area contributed by atoms with Crippen molar-refractivity contribution in [2.24, 2.45) is 5.41 Å². The first-order chi connectivity index (χ1) is 6.96. The quantitative estimate of drug-likeness (QED) is 0.717. The first kappa shape index (κ1) is 11.8. The molecule has 0 fully saturated rings. The third-order valence-corrected chi connectivity index (χ3v) is 2.15. The summed E-state index contributed by atoms with van der Waals surface area (Å²) in [6.45, 7) is 8.24. The topological polar surface area (TPSA) is 44.1 Å². The number of hydrogen-bond donors (Lipinski definition) is 0. The van der Waals surface area contributed by atoms with Crippen molar-refractivity contribution in [2.45, 2.75) is 33.7 Å². The SMILES string of the molecule is CCOC(=O)[C@@H](n1ccnc1)C(C)(C)C. The van der Waals surface area contributed by atoms with E-state index in [0.29, 0.717) is 6.61 Å². The summed E-state index contributed by atoms with van der Waals surface area (Å²) in [7, 11) is 0. The highest BCUT2D eigenvalue weighted by atomic mass is 16.5. The molecule has 1 rings (SSSR count). The van der Waals surface area contributed by atoms with Gasteiger partial charge in [0.05, 0.1) is 12.9 Å². The van der Waals surface area contributed by atoms with E-state index < -0.39 is 0 Å². The van der Waals surface area contributed by atoms with Gasteiger partial charge < -0.3 is 9.30 Å². The zero-order valence-electron chi connectivity index (χ0n) is 9.73. The van der Waals surface area contributed by atoms with Crippen LogP contribution in [0.5, 0.6) is 0 Å². The van der Waals surface area contributed by atoms with E-state index in [9.17, 15) is 4.79 Å². The van der Waals surface area contributed by atoms with Crippen LogP contribution in [0.15, 0.2) is 18.7 Å². The summed E-state index contributed by atoms with van der Waals surface area (Å²) >= 11 is 0. The smallest absolute Gasteiger partial charge is 0.329 e. The normalized spacial score (nSPS) is 13.6. The van der Waals surface area contributed by atoms with Crippen LogP contribution in [0.2, 0.25) is 0 Å². The van der Waals surface area contributed by atoms with E-state index in [2.05, 4.69) is 4.98 Å². The second-order valence-corrected chi connectivity index (χ2v) is 4.53. The molecular formula is C11H18N2O2. The molecule has 0 aliphatic rings. The standard InChI is InChI=1S/C11H18N2O2/c1-5-15-10(14)9(11(2,3)4)13-7-6-12-8-13/h6-9H,5H2,1-4H3/t9-/m1/s1. The Morgan fingerprint density at radius 2 is 2.20 bits per heavy atom. The summed E-state index contributed by atoms with van der Waals surface area (Å²) in [5.41, 5.74) is -0.188. The number of carbonyl (C=O) groups excluding carboxylic acids is 1. The maximum absolute atomic E-state index is 11.8. The van der Waals surface area contributed by atoms with Crippen LogP contribution in [0, 0.1) is 5.41 Å². The number of aromatic nitrogens is 2. The van der Waals surface area contributed by atoms with E-state index in [1.54, 1.807) is 23.3 Å². The zero-order chi connectivity index (χ0) is 11.5. The van der Waals surface area contributed by atoms with Crippen LogP contribution in [0.25, 0.3) is 0 Å². The van der Waals surface area contributed by atoms with Crippen molar-refractivity contribution in [3.05, 3.63) is 18.7 Å². The lowest BCUT2D eigenvalue weighted by atomic mass is 9.86. The summed E-state index contributed by atoms with van der Waals surface area (Å²) in [6, 6.07) is -0.319. The molecule has 1 aromatic rings. The second-order valence-electron chi connectivity index (χ2n) is 4.53. The highest BCUT2D eigenvalue weighted by molar-refractivity contribution is 5.75. The molecule has 1 aromatic heterocycles. The van der Waals surface area contributed by atoms with Gasteiger partial charge in [-0.3, -0.25) is 0 Å². The molecule has 0 bridgehead atoms. The number of hydrogen-bond acceptors (Lipinski definition) is 3. The third-order valence-electron chi connectivity index (χ3n) is 2.15. The molecule has 0 saturated carbocycles. The van der Waals surface area contributed by atoms with E-state index in [-0.39, 0.29) is 17.4 Å². The van der Waals surface area contributed by atoms with Crippen molar-refractivity contribution in [1.82, 2.24) is 9.55 Å². The first-order valence-corrected chi connectivity index (χ1v) is 5.11. The molecule has 1 atom stereocenters. The number of carbonyl (C=O) groups is 1. The van der Waals surface area contributed by atoms with Crippen LogP contribution < -0.4 is 0 Å². The highest BCUT2D eigenvalue weighted by Gasteiger charge is 2.33.